The first-order valence-electron chi connectivity index (χ1n) is 6.03. The quantitative estimate of drug-likeness (QED) is 0.930. The van der Waals surface area contributed by atoms with Crippen molar-refractivity contribution in [2.45, 2.75) is 20.4 Å². The summed E-state index contributed by atoms with van der Waals surface area (Å²) < 4.78 is 7.99. The van der Waals surface area contributed by atoms with Gasteiger partial charge in [0, 0.05) is 0 Å². The summed E-state index contributed by atoms with van der Waals surface area (Å²) in [6, 6.07) is 5.06. The molecule has 0 saturated carbocycles. The van der Waals surface area contributed by atoms with Crippen molar-refractivity contribution in [3.63, 3.8) is 0 Å². The molecule has 0 bridgehead atoms. The Kier molecular flexibility index (Phi) is 4.13. The molecule has 0 aliphatic heterocycles. The van der Waals surface area contributed by atoms with E-state index in [1.807, 2.05) is 18.5 Å². The Hall–Kier alpha value is -1.82. The Morgan fingerprint density at radius 1 is 1.45 bits per heavy atom. The van der Waals surface area contributed by atoms with Crippen LogP contribution in [0.5, 0.6) is 5.75 Å². The van der Waals surface area contributed by atoms with E-state index in [0.717, 1.165) is 21.4 Å². The average molecular weight is 339 g/mol. The number of aromatic carboxylic acids is 1. The van der Waals surface area contributed by atoms with E-state index in [-0.39, 0.29) is 5.56 Å². The van der Waals surface area contributed by atoms with Crippen LogP contribution in [0.4, 0.5) is 0 Å². The Bertz CT molecular complexity index is 665. The third-order valence-electron chi connectivity index (χ3n) is 3.12. The van der Waals surface area contributed by atoms with Crippen molar-refractivity contribution in [3.8, 4) is 5.75 Å². The fourth-order valence-electron chi connectivity index (χ4n) is 2.01. The maximum Gasteiger partial charge on any atom is 0.339 e. The molecule has 2 aromatic rings. The number of rotatable bonds is 4. The molecule has 0 spiro atoms. The van der Waals surface area contributed by atoms with Crippen LogP contribution >= 0.6 is 15.9 Å². The molecule has 0 unspecified atom stereocenters. The van der Waals surface area contributed by atoms with E-state index in [9.17, 15) is 4.79 Å². The van der Waals surface area contributed by atoms with Crippen LogP contribution in [0.2, 0.25) is 0 Å². The van der Waals surface area contributed by atoms with Crippen molar-refractivity contribution in [2.75, 3.05) is 7.11 Å². The first kappa shape index (κ1) is 14.6. The molecule has 0 amide bonds. The highest BCUT2D eigenvalue weighted by Gasteiger charge is 2.13. The lowest BCUT2D eigenvalue weighted by molar-refractivity contribution is 0.0693. The second-order valence-corrected chi connectivity index (χ2v) is 5.28. The first-order valence-corrected chi connectivity index (χ1v) is 6.83. The molecule has 1 aromatic heterocycles. The van der Waals surface area contributed by atoms with Crippen LogP contribution in [0.3, 0.4) is 0 Å². The summed E-state index contributed by atoms with van der Waals surface area (Å²) in [5, 5.41) is 13.5. The van der Waals surface area contributed by atoms with Crippen LogP contribution < -0.4 is 4.74 Å². The Labute approximate surface area is 125 Å². The molecule has 2 rings (SSSR count). The number of hydrogen-bond donors (Lipinski definition) is 1. The van der Waals surface area contributed by atoms with Gasteiger partial charge in [0.15, 0.2) is 0 Å². The number of carboxylic acids is 1. The average Bonchev–Trinajstić information content (AvgIpc) is 2.66. The zero-order valence-corrected chi connectivity index (χ0v) is 13.1. The third-order valence-corrected chi connectivity index (χ3v) is 4.27. The number of hydrogen-bond acceptors (Lipinski definition) is 3. The number of aryl methyl sites for hydroxylation is 1. The zero-order valence-electron chi connectivity index (χ0n) is 11.5. The minimum atomic E-state index is -0.998. The Morgan fingerprint density at radius 3 is 2.65 bits per heavy atom. The fraction of sp³-hybridized carbons (Fsp3) is 0.286. The highest BCUT2D eigenvalue weighted by atomic mass is 79.9. The van der Waals surface area contributed by atoms with E-state index in [0.29, 0.717) is 12.3 Å². The minimum Gasteiger partial charge on any atom is -0.496 e. The SMILES string of the molecule is COc1cc(Cn2nc(C)c(Br)c2C)ccc1C(=O)O. The van der Waals surface area contributed by atoms with E-state index in [4.69, 9.17) is 9.84 Å². The number of aromatic nitrogens is 2. The van der Waals surface area contributed by atoms with Gasteiger partial charge in [-0.05, 0) is 47.5 Å². The summed E-state index contributed by atoms with van der Waals surface area (Å²) in [4.78, 5) is 11.0. The minimum absolute atomic E-state index is 0.158. The molecule has 1 aromatic carbocycles. The van der Waals surface area contributed by atoms with Crippen LogP contribution in [-0.4, -0.2) is 28.0 Å². The lowest BCUT2D eigenvalue weighted by Crippen LogP contribution is -2.06. The van der Waals surface area contributed by atoms with Gasteiger partial charge in [0.05, 0.1) is 29.5 Å². The molecule has 106 valence electrons. The van der Waals surface area contributed by atoms with Gasteiger partial charge in [-0.1, -0.05) is 6.07 Å². The van der Waals surface area contributed by atoms with E-state index in [1.54, 1.807) is 18.2 Å². The molecule has 0 fully saturated rings. The topological polar surface area (TPSA) is 64.4 Å². The monoisotopic (exact) mass is 338 g/mol. The van der Waals surface area contributed by atoms with E-state index < -0.39 is 5.97 Å². The molecule has 5 nitrogen and oxygen atoms in total. The lowest BCUT2D eigenvalue weighted by atomic mass is 10.1. The van der Waals surface area contributed by atoms with Crippen molar-refractivity contribution in [2.24, 2.45) is 0 Å². The molecule has 1 N–H and O–H groups in total. The van der Waals surface area contributed by atoms with Gasteiger partial charge >= 0.3 is 5.97 Å². The van der Waals surface area contributed by atoms with Gasteiger partial charge in [-0.25, -0.2) is 4.79 Å². The maximum atomic E-state index is 11.0. The number of ether oxygens (including phenoxy) is 1. The third kappa shape index (κ3) is 2.70. The molecule has 0 atom stereocenters. The zero-order chi connectivity index (χ0) is 14.9. The van der Waals surface area contributed by atoms with Gasteiger partial charge in [-0.15, -0.1) is 0 Å². The van der Waals surface area contributed by atoms with Crippen LogP contribution in [0.25, 0.3) is 0 Å². The normalized spacial score (nSPS) is 10.6. The second kappa shape index (κ2) is 5.66. The second-order valence-electron chi connectivity index (χ2n) is 4.48. The molecule has 1 heterocycles. The number of nitrogens with zero attached hydrogens (tertiary/aromatic N) is 2. The summed E-state index contributed by atoms with van der Waals surface area (Å²) in [5.41, 5.74) is 3.05. The molecule has 0 aliphatic rings. The Morgan fingerprint density at radius 2 is 2.15 bits per heavy atom. The van der Waals surface area contributed by atoms with Gasteiger partial charge in [0.2, 0.25) is 0 Å². The summed E-state index contributed by atoms with van der Waals surface area (Å²) in [6.45, 7) is 4.48. The predicted molar refractivity (Wildman–Crippen MR) is 78.5 cm³/mol. The molecule has 0 radical (unpaired) electrons. The van der Waals surface area contributed by atoms with Crippen molar-refractivity contribution in [1.82, 2.24) is 9.78 Å². The molecule has 0 aliphatic carbocycles. The lowest BCUT2D eigenvalue weighted by Gasteiger charge is -2.09. The van der Waals surface area contributed by atoms with Crippen molar-refractivity contribution in [1.29, 1.82) is 0 Å². The number of carbonyl (C=O) groups is 1. The molecule has 20 heavy (non-hydrogen) atoms. The van der Waals surface area contributed by atoms with Crippen LogP contribution in [0.1, 0.15) is 27.3 Å². The summed E-state index contributed by atoms with van der Waals surface area (Å²) in [5.74, 6) is -0.641. The molecular formula is C14H15BrN2O3. The highest BCUT2D eigenvalue weighted by molar-refractivity contribution is 9.10. The van der Waals surface area contributed by atoms with E-state index in [2.05, 4.69) is 21.0 Å². The number of carboxylic acid groups (broad SMARTS) is 1. The van der Waals surface area contributed by atoms with Gasteiger partial charge in [0.1, 0.15) is 11.3 Å². The Balaban J connectivity index is 2.34. The smallest absolute Gasteiger partial charge is 0.339 e. The van der Waals surface area contributed by atoms with Crippen molar-refractivity contribution < 1.29 is 14.6 Å². The van der Waals surface area contributed by atoms with Crippen LogP contribution in [-0.2, 0) is 6.54 Å². The molecular weight excluding hydrogens is 324 g/mol. The number of methoxy groups -OCH3 is 1. The van der Waals surface area contributed by atoms with Gasteiger partial charge in [-0.3, -0.25) is 4.68 Å². The van der Waals surface area contributed by atoms with Gasteiger partial charge in [0.25, 0.3) is 0 Å². The van der Waals surface area contributed by atoms with Crippen LogP contribution in [0.15, 0.2) is 22.7 Å². The van der Waals surface area contributed by atoms with Gasteiger partial charge in [-0.2, -0.15) is 5.10 Å². The highest BCUT2D eigenvalue weighted by Crippen LogP contribution is 2.23. The number of halogens is 1. The van der Waals surface area contributed by atoms with Crippen LogP contribution in [0, 0.1) is 13.8 Å². The number of benzene rings is 1. The van der Waals surface area contributed by atoms with E-state index in [1.165, 1.54) is 7.11 Å². The summed E-state index contributed by atoms with van der Waals surface area (Å²) in [6.07, 6.45) is 0. The van der Waals surface area contributed by atoms with Crippen molar-refractivity contribution in [3.05, 3.63) is 45.2 Å². The summed E-state index contributed by atoms with van der Waals surface area (Å²) in [7, 11) is 1.46. The first-order chi connectivity index (χ1) is 9.43. The predicted octanol–water partition coefficient (Wildman–Crippen LogP) is 3.02. The molecule has 0 saturated heterocycles. The molecule has 6 heteroatoms. The fourth-order valence-corrected chi connectivity index (χ4v) is 2.30. The maximum absolute atomic E-state index is 11.0. The van der Waals surface area contributed by atoms with Crippen molar-refractivity contribution >= 4 is 21.9 Å². The summed E-state index contributed by atoms with van der Waals surface area (Å²) >= 11 is 3.49. The standard InChI is InChI=1S/C14H15BrN2O3/c1-8-13(15)9(2)17(16-8)7-10-4-5-11(14(18)19)12(6-10)20-3/h4-6H,7H2,1-3H3,(H,18,19). The van der Waals surface area contributed by atoms with Gasteiger partial charge < -0.3 is 9.84 Å². The largest absolute Gasteiger partial charge is 0.496 e. The van der Waals surface area contributed by atoms with E-state index >= 15 is 0 Å².